The number of Topliss-reactive ketones (excluding diaryl/α,β-unsaturated/α-hetero) is 1. The summed E-state index contributed by atoms with van der Waals surface area (Å²) in [4.78, 5) is 25.5. The lowest BCUT2D eigenvalue weighted by Crippen LogP contribution is -2.41. The van der Waals surface area contributed by atoms with E-state index in [1.54, 1.807) is 4.90 Å². The van der Waals surface area contributed by atoms with Gasteiger partial charge in [-0.3, -0.25) is 9.59 Å². The minimum absolute atomic E-state index is 0.0316. The molecule has 0 saturated carbocycles. The first kappa shape index (κ1) is 18.3. The Morgan fingerprint density at radius 2 is 1.69 bits per heavy atom. The minimum Gasteiger partial charge on any atom is -0.311 e. The van der Waals surface area contributed by atoms with Crippen molar-refractivity contribution >= 4 is 27.4 Å². The summed E-state index contributed by atoms with van der Waals surface area (Å²) >= 11 is 0. The lowest BCUT2D eigenvalue weighted by Gasteiger charge is -2.17. The van der Waals surface area contributed by atoms with E-state index >= 15 is 0 Å². The third kappa shape index (κ3) is 3.68. The van der Waals surface area contributed by atoms with Crippen LogP contribution < -0.4 is 9.62 Å². The summed E-state index contributed by atoms with van der Waals surface area (Å²) in [7, 11) is -3.84. The van der Waals surface area contributed by atoms with Crippen molar-refractivity contribution < 1.29 is 18.0 Å². The zero-order valence-corrected chi connectivity index (χ0v) is 15.4. The number of rotatable bonds is 5. The Morgan fingerprint density at radius 3 is 2.27 bits per heavy atom. The number of aryl methyl sites for hydroxylation is 1. The fourth-order valence-electron chi connectivity index (χ4n) is 2.89. The van der Waals surface area contributed by atoms with Crippen molar-refractivity contribution in [2.24, 2.45) is 0 Å². The average molecular weight is 372 g/mol. The van der Waals surface area contributed by atoms with E-state index in [2.05, 4.69) is 4.72 Å². The second-order valence-electron chi connectivity index (χ2n) is 6.37. The Bertz CT molecular complexity index is 935. The third-order valence-corrected chi connectivity index (χ3v) is 5.91. The zero-order valence-electron chi connectivity index (χ0n) is 14.6. The molecule has 7 heteroatoms. The normalized spacial score (nSPS) is 17.5. The smallest absolute Gasteiger partial charge is 0.245 e. The molecule has 1 atom stereocenters. The Labute approximate surface area is 152 Å². The van der Waals surface area contributed by atoms with Gasteiger partial charge in [-0.05, 0) is 44.5 Å². The van der Waals surface area contributed by atoms with Crippen LogP contribution in [0.3, 0.4) is 0 Å². The van der Waals surface area contributed by atoms with E-state index in [0.717, 1.165) is 11.3 Å². The highest BCUT2D eigenvalue weighted by Gasteiger charge is 2.35. The molecule has 2 aromatic rings. The Balaban J connectivity index is 1.75. The average Bonchev–Trinajstić information content (AvgIpc) is 2.96. The summed E-state index contributed by atoms with van der Waals surface area (Å²) in [6, 6.07) is 12.4. The van der Waals surface area contributed by atoms with Crippen molar-refractivity contribution in [3.63, 3.8) is 0 Å². The number of ketones is 1. The topological polar surface area (TPSA) is 83.6 Å². The van der Waals surface area contributed by atoms with Crippen LogP contribution in [-0.4, -0.2) is 32.7 Å². The predicted molar refractivity (Wildman–Crippen MR) is 98.7 cm³/mol. The van der Waals surface area contributed by atoms with Gasteiger partial charge in [-0.1, -0.05) is 29.8 Å². The van der Waals surface area contributed by atoms with Gasteiger partial charge in [0.2, 0.25) is 15.9 Å². The molecule has 0 aliphatic carbocycles. The maximum atomic E-state index is 12.6. The highest BCUT2D eigenvalue weighted by molar-refractivity contribution is 7.89. The number of carbonyl (C=O) groups is 2. The molecule has 2 aromatic carbocycles. The summed E-state index contributed by atoms with van der Waals surface area (Å²) in [5.74, 6) is -0.403. The summed E-state index contributed by atoms with van der Waals surface area (Å²) in [5.41, 5.74) is 2.28. The van der Waals surface area contributed by atoms with E-state index in [4.69, 9.17) is 0 Å². The fraction of sp³-hybridized carbons (Fsp3) is 0.263. The largest absolute Gasteiger partial charge is 0.311 e. The van der Waals surface area contributed by atoms with Crippen LogP contribution in [0.15, 0.2) is 53.4 Å². The molecular weight excluding hydrogens is 352 g/mol. The van der Waals surface area contributed by atoms with Gasteiger partial charge in [-0.15, -0.1) is 0 Å². The molecule has 1 fully saturated rings. The summed E-state index contributed by atoms with van der Waals surface area (Å²) in [6.07, 6.45) is 0.400. The second-order valence-corrected chi connectivity index (χ2v) is 8.08. The first-order valence-corrected chi connectivity index (χ1v) is 9.77. The molecule has 0 spiro atoms. The van der Waals surface area contributed by atoms with Crippen molar-refractivity contribution in [3.05, 3.63) is 59.7 Å². The molecule has 6 nitrogen and oxygen atoms in total. The third-order valence-electron chi connectivity index (χ3n) is 4.42. The molecule has 26 heavy (non-hydrogen) atoms. The maximum absolute atomic E-state index is 12.6. The molecule has 1 saturated heterocycles. The van der Waals surface area contributed by atoms with Gasteiger partial charge in [0.1, 0.15) is 6.04 Å². The molecule has 0 radical (unpaired) electrons. The summed E-state index contributed by atoms with van der Waals surface area (Å²) < 4.78 is 27.5. The lowest BCUT2D eigenvalue weighted by molar-refractivity contribution is -0.118. The number of sulfonamides is 1. The van der Waals surface area contributed by atoms with E-state index in [9.17, 15) is 18.0 Å². The molecule has 1 N–H and O–H groups in total. The number of nitrogens with zero attached hydrogens (tertiary/aromatic N) is 1. The van der Waals surface area contributed by atoms with Crippen molar-refractivity contribution in [2.45, 2.75) is 31.2 Å². The van der Waals surface area contributed by atoms with Crippen molar-refractivity contribution in [2.75, 3.05) is 11.4 Å². The van der Waals surface area contributed by atoms with Gasteiger partial charge in [0.05, 0.1) is 4.90 Å². The van der Waals surface area contributed by atoms with Gasteiger partial charge in [0, 0.05) is 17.8 Å². The van der Waals surface area contributed by atoms with E-state index < -0.39 is 16.1 Å². The molecular formula is C19H20N2O4S. The quantitative estimate of drug-likeness (QED) is 0.816. The molecule has 1 aliphatic heterocycles. The Morgan fingerprint density at radius 1 is 1.08 bits per heavy atom. The summed E-state index contributed by atoms with van der Waals surface area (Å²) in [5, 5.41) is 0. The van der Waals surface area contributed by atoms with Crippen LogP contribution in [0.5, 0.6) is 0 Å². The number of carbonyl (C=O) groups excluding carboxylic acids is 2. The maximum Gasteiger partial charge on any atom is 0.245 e. The Hall–Kier alpha value is -2.51. The van der Waals surface area contributed by atoms with Crippen LogP contribution in [0.2, 0.25) is 0 Å². The monoisotopic (exact) mass is 372 g/mol. The molecule has 0 bridgehead atoms. The van der Waals surface area contributed by atoms with E-state index in [1.165, 1.54) is 31.2 Å². The molecule has 1 amide bonds. The van der Waals surface area contributed by atoms with Gasteiger partial charge >= 0.3 is 0 Å². The summed E-state index contributed by atoms with van der Waals surface area (Å²) in [6.45, 7) is 3.83. The van der Waals surface area contributed by atoms with Gasteiger partial charge in [-0.25, -0.2) is 8.42 Å². The number of nitrogens with one attached hydrogen (secondary N) is 1. The minimum atomic E-state index is -3.84. The molecule has 0 aromatic heterocycles. The first-order chi connectivity index (χ1) is 12.3. The van der Waals surface area contributed by atoms with Crippen molar-refractivity contribution in [1.29, 1.82) is 0 Å². The highest BCUT2D eigenvalue weighted by Crippen LogP contribution is 2.23. The van der Waals surface area contributed by atoms with Crippen LogP contribution in [0.4, 0.5) is 5.69 Å². The van der Waals surface area contributed by atoms with Crippen LogP contribution in [0.25, 0.3) is 0 Å². The van der Waals surface area contributed by atoms with E-state index in [0.29, 0.717) is 18.5 Å². The van der Waals surface area contributed by atoms with Gasteiger partial charge in [-0.2, -0.15) is 4.72 Å². The first-order valence-electron chi connectivity index (χ1n) is 8.29. The number of hydrogen-bond acceptors (Lipinski definition) is 4. The number of amides is 1. The van der Waals surface area contributed by atoms with Crippen molar-refractivity contribution in [1.82, 2.24) is 4.72 Å². The Kier molecular flexibility index (Phi) is 4.93. The molecule has 136 valence electrons. The fourth-order valence-corrected chi connectivity index (χ4v) is 4.12. The number of anilines is 1. The SMILES string of the molecule is CC(=O)c1ccc(S(=O)(=O)N[C@@H]2CCN(c3ccc(C)cc3)C2=O)cc1. The van der Waals surface area contributed by atoms with E-state index in [-0.39, 0.29) is 16.6 Å². The van der Waals surface area contributed by atoms with Crippen LogP contribution >= 0.6 is 0 Å². The molecule has 3 rings (SSSR count). The second kappa shape index (κ2) is 7.01. The molecule has 0 unspecified atom stereocenters. The van der Waals surface area contributed by atoms with Gasteiger partial charge < -0.3 is 4.90 Å². The predicted octanol–water partition coefficient (Wildman–Crippen LogP) is 2.28. The van der Waals surface area contributed by atoms with Crippen LogP contribution in [0, 0.1) is 6.92 Å². The highest BCUT2D eigenvalue weighted by atomic mass is 32.2. The zero-order chi connectivity index (χ0) is 18.9. The van der Waals surface area contributed by atoms with Gasteiger partial charge in [0.15, 0.2) is 5.78 Å². The van der Waals surface area contributed by atoms with Crippen molar-refractivity contribution in [3.8, 4) is 0 Å². The number of hydrogen-bond donors (Lipinski definition) is 1. The standard InChI is InChI=1S/C19H20N2O4S/c1-13-3-7-16(8-4-13)21-12-11-18(19(21)23)20-26(24,25)17-9-5-15(6-10-17)14(2)22/h3-10,18,20H,11-12H2,1-2H3/t18-/m1/s1. The number of benzene rings is 2. The van der Waals surface area contributed by atoms with Crippen LogP contribution in [0.1, 0.15) is 29.3 Å². The van der Waals surface area contributed by atoms with Crippen LogP contribution in [-0.2, 0) is 14.8 Å². The lowest BCUT2D eigenvalue weighted by atomic mass is 10.2. The molecule has 1 aliphatic rings. The molecule has 1 heterocycles. The van der Waals surface area contributed by atoms with Gasteiger partial charge in [0.25, 0.3) is 0 Å². The van der Waals surface area contributed by atoms with E-state index in [1.807, 2.05) is 31.2 Å².